The van der Waals surface area contributed by atoms with E-state index in [-0.39, 0.29) is 19.0 Å². The number of nitrogens with two attached hydrogens (primary N) is 1. The monoisotopic (exact) mass is 252 g/mol. The number of aliphatic hydroxyl groups is 2. The second kappa shape index (κ2) is 4.83. The number of hydrogen-bond donors (Lipinski definition) is 3. The van der Waals surface area contributed by atoms with E-state index in [1.54, 1.807) is 18.2 Å². The predicted octanol–water partition coefficient (Wildman–Crippen LogP) is -0.545. The van der Waals surface area contributed by atoms with Crippen LogP contribution in [-0.4, -0.2) is 53.4 Å². The molecule has 0 saturated carbocycles. The van der Waals surface area contributed by atoms with Crippen LogP contribution in [0.5, 0.6) is 5.75 Å². The molecule has 0 bridgehead atoms. The Bertz CT molecular complexity index is 453. The largest absolute Gasteiger partial charge is 0.495 e. The highest BCUT2D eigenvalue weighted by molar-refractivity contribution is 5.95. The standard InChI is InChI=1S/C12H16N2O4/c1-18-11-4-7(2-3-8(11)13)12(17)14-5-9(15)10(16)6-14/h2-4,9-10,15-16H,5-6,13H2,1H3/t9-,10+. The topological polar surface area (TPSA) is 96.0 Å². The zero-order valence-electron chi connectivity index (χ0n) is 10.0. The van der Waals surface area contributed by atoms with Gasteiger partial charge in [-0.3, -0.25) is 4.79 Å². The number of carbonyl (C=O) groups is 1. The maximum absolute atomic E-state index is 12.1. The molecule has 2 atom stereocenters. The summed E-state index contributed by atoms with van der Waals surface area (Å²) in [6, 6.07) is 4.74. The van der Waals surface area contributed by atoms with Crippen LogP contribution in [-0.2, 0) is 0 Å². The molecule has 1 aromatic rings. The lowest BCUT2D eigenvalue weighted by Gasteiger charge is -2.16. The molecule has 0 aliphatic carbocycles. The van der Waals surface area contributed by atoms with Crippen LogP contribution in [0.4, 0.5) is 5.69 Å². The third-order valence-electron chi connectivity index (χ3n) is 3.03. The van der Waals surface area contributed by atoms with Crippen molar-refractivity contribution in [2.45, 2.75) is 12.2 Å². The average molecular weight is 252 g/mol. The Morgan fingerprint density at radius 2 is 2.00 bits per heavy atom. The molecule has 1 aliphatic heterocycles. The number of methoxy groups -OCH3 is 1. The highest BCUT2D eigenvalue weighted by Gasteiger charge is 2.33. The molecule has 0 unspecified atom stereocenters. The maximum atomic E-state index is 12.1. The van der Waals surface area contributed by atoms with Gasteiger partial charge in [0, 0.05) is 18.7 Å². The first kappa shape index (κ1) is 12.7. The van der Waals surface area contributed by atoms with Crippen molar-refractivity contribution in [1.29, 1.82) is 0 Å². The number of carbonyl (C=O) groups excluding carboxylic acids is 1. The molecule has 1 saturated heterocycles. The number of benzene rings is 1. The van der Waals surface area contributed by atoms with Gasteiger partial charge in [-0.1, -0.05) is 0 Å². The van der Waals surface area contributed by atoms with Crippen molar-refractivity contribution in [3.05, 3.63) is 23.8 Å². The van der Waals surface area contributed by atoms with E-state index in [1.165, 1.54) is 12.0 Å². The smallest absolute Gasteiger partial charge is 0.254 e. The van der Waals surface area contributed by atoms with Gasteiger partial charge in [-0.05, 0) is 18.2 Å². The third-order valence-corrected chi connectivity index (χ3v) is 3.03. The molecule has 0 radical (unpaired) electrons. The molecule has 0 spiro atoms. The number of nitrogens with zero attached hydrogens (tertiary/aromatic N) is 1. The second-order valence-electron chi connectivity index (χ2n) is 4.30. The number of amides is 1. The summed E-state index contributed by atoms with van der Waals surface area (Å²) in [5.41, 5.74) is 6.54. The van der Waals surface area contributed by atoms with Gasteiger partial charge >= 0.3 is 0 Å². The second-order valence-corrected chi connectivity index (χ2v) is 4.30. The average Bonchev–Trinajstić information content (AvgIpc) is 2.69. The number of β-amino-alcohol motifs (C(OH)–C–C–N with tert-alkyl or cyclic N) is 2. The summed E-state index contributed by atoms with van der Waals surface area (Å²) in [5.74, 6) is 0.171. The minimum Gasteiger partial charge on any atom is -0.495 e. The molecule has 18 heavy (non-hydrogen) atoms. The van der Waals surface area contributed by atoms with Gasteiger partial charge in [-0.2, -0.15) is 0 Å². The molecule has 2 rings (SSSR count). The van der Waals surface area contributed by atoms with Crippen LogP contribution in [0.1, 0.15) is 10.4 Å². The molecule has 1 aromatic carbocycles. The molecule has 4 N–H and O–H groups in total. The fraction of sp³-hybridized carbons (Fsp3) is 0.417. The minimum absolute atomic E-state index is 0.132. The molecule has 6 heteroatoms. The van der Waals surface area contributed by atoms with Gasteiger partial charge in [0.2, 0.25) is 0 Å². The highest BCUT2D eigenvalue weighted by Crippen LogP contribution is 2.24. The predicted molar refractivity (Wildman–Crippen MR) is 65.3 cm³/mol. The van der Waals surface area contributed by atoms with Crippen LogP contribution in [0.3, 0.4) is 0 Å². The normalized spacial score (nSPS) is 23.2. The van der Waals surface area contributed by atoms with E-state index in [2.05, 4.69) is 0 Å². The van der Waals surface area contributed by atoms with E-state index in [0.29, 0.717) is 17.0 Å². The first-order valence-corrected chi connectivity index (χ1v) is 5.62. The van der Waals surface area contributed by atoms with Gasteiger partial charge in [0.05, 0.1) is 25.0 Å². The summed E-state index contributed by atoms with van der Waals surface area (Å²) in [4.78, 5) is 13.5. The van der Waals surface area contributed by atoms with Gasteiger partial charge in [-0.15, -0.1) is 0 Å². The number of ether oxygens (including phenoxy) is 1. The summed E-state index contributed by atoms with van der Waals surface area (Å²) in [6.07, 6.45) is -1.77. The number of rotatable bonds is 2. The van der Waals surface area contributed by atoms with Crippen molar-refractivity contribution in [3.63, 3.8) is 0 Å². The van der Waals surface area contributed by atoms with Crippen LogP contribution in [0, 0.1) is 0 Å². The Hall–Kier alpha value is -1.79. The van der Waals surface area contributed by atoms with Crippen molar-refractivity contribution in [1.82, 2.24) is 4.90 Å². The summed E-state index contributed by atoms with van der Waals surface area (Å²) >= 11 is 0. The molecule has 1 amide bonds. The van der Waals surface area contributed by atoms with Crippen LogP contribution >= 0.6 is 0 Å². The lowest BCUT2D eigenvalue weighted by Crippen LogP contribution is -2.29. The van der Waals surface area contributed by atoms with Crippen molar-refractivity contribution in [2.75, 3.05) is 25.9 Å². The Morgan fingerprint density at radius 3 is 2.56 bits per heavy atom. The number of hydrogen-bond acceptors (Lipinski definition) is 5. The lowest BCUT2D eigenvalue weighted by molar-refractivity contribution is 0.0572. The summed E-state index contributed by atoms with van der Waals surface area (Å²) in [5, 5.41) is 18.8. The Morgan fingerprint density at radius 1 is 1.39 bits per heavy atom. The van der Waals surface area contributed by atoms with E-state index >= 15 is 0 Å². The molecule has 6 nitrogen and oxygen atoms in total. The van der Waals surface area contributed by atoms with Crippen molar-refractivity contribution in [2.24, 2.45) is 0 Å². The van der Waals surface area contributed by atoms with E-state index in [4.69, 9.17) is 10.5 Å². The first-order valence-electron chi connectivity index (χ1n) is 5.62. The Labute approximate surface area is 105 Å². The fourth-order valence-electron chi connectivity index (χ4n) is 1.96. The minimum atomic E-state index is -0.885. The van der Waals surface area contributed by atoms with Gasteiger partial charge in [0.25, 0.3) is 5.91 Å². The molecule has 1 fully saturated rings. The highest BCUT2D eigenvalue weighted by atomic mass is 16.5. The quantitative estimate of drug-likeness (QED) is 0.614. The van der Waals surface area contributed by atoms with E-state index in [0.717, 1.165) is 0 Å². The molecule has 98 valence electrons. The lowest BCUT2D eigenvalue weighted by atomic mass is 10.1. The third kappa shape index (κ3) is 2.25. The summed E-state index contributed by atoms with van der Waals surface area (Å²) in [7, 11) is 1.48. The van der Waals surface area contributed by atoms with E-state index in [1.807, 2.05) is 0 Å². The van der Waals surface area contributed by atoms with Crippen LogP contribution in [0.2, 0.25) is 0 Å². The van der Waals surface area contributed by atoms with Crippen LogP contribution < -0.4 is 10.5 Å². The molecular weight excluding hydrogens is 236 g/mol. The molecule has 1 aliphatic rings. The van der Waals surface area contributed by atoms with Crippen molar-refractivity contribution < 1.29 is 19.7 Å². The van der Waals surface area contributed by atoms with E-state index < -0.39 is 12.2 Å². The van der Waals surface area contributed by atoms with Crippen LogP contribution in [0.25, 0.3) is 0 Å². The number of nitrogen functional groups attached to an aromatic ring is 1. The van der Waals surface area contributed by atoms with Gasteiger partial charge in [-0.25, -0.2) is 0 Å². The maximum Gasteiger partial charge on any atom is 0.254 e. The number of anilines is 1. The summed E-state index contributed by atoms with van der Waals surface area (Å²) in [6.45, 7) is 0.263. The number of likely N-dealkylation sites (tertiary alicyclic amines) is 1. The Kier molecular flexibility index (Phi) is 3.40. The van der Waals surface area contributed by atoms with Gasteiger partial charge < -0.3 is 25.6 Å². The molecular formula is C12H16N2O4. The first-order chi connectivity index (χ1) is 8.52. The van der Waals surface area contributed by atoms with Crippen molar-refractivity contribution >= 4 is 11.6 Å². The zero-order chi connectivity index (χ0) is 13.3. The van der Waals surface area contributed by atoms with Crippen molar-refractivity contribution in [3.8, 4) is 5.75 Å². The van der Waals surface area contributed by atoms with Gasteiger partial charge in [0.15, 0.2) is 0 Å². The molecule has 0 aromatic heterocycles. The number of aliphatic hydroxyl groups excluding tert-OH is 2. The van der Waals surface area contributed by atoms with Crippen LogP contribution in [0.15, 0.2) is 18.2 Å². The van der Waals surface area contributed by atoms with E-state index in [9.17, 15) is 15.0 Å². The Balaban J connectivity index is 2.19. The fourth-order valence-corrected chi connectivity index (χ4v) is 1.96. The molecule has 1 heterocycles. The SMILES string of the molecule is COc1cc(C(=O)N2C[C@@H](O)[C@@H](O)C2)ccc1N. The van der Waals surface area contributed by atoms with Gasteiger partial charge in [0.1, 0.15) is 5.75 Å². The zero-order valence-corrected chi connectivity index (χ0v) is 10.0. The summed E-state index contributed by atoms with van der Waals surface area (Å²) < 4.78 is 5.05.